The molecule has 0 fully saturated rings. The van der Waals surface area contributed by atoms with Gasteiger partial charge in [-0.3, -0.25) is 9.59 Å². The average Bonchev–Trinajstić information content (AvgIpc) is 3.19. The molecule has 6 nitrogen and oxygen atoms in total. The molecule has 3 aromatic carbocycles. The van der Waals surface area contributed by atoms with Gasteiger partial charge in [-0.2, -0.15) is 0 Å². The summed E-state index contributed by atoms with van der Waals surface area (Å²) in [6.07, 6.45) is -0.762. The van der Waals surface area contributed by atoms with Crippen LogP contribution >= 0.6 is 0 Å². The fraction of sp³-hybridized carbons (Fsp3) is 0.217. The molecule has 1 atom stereocenters. The molecule has 3 aromatic rings. The summed E-state index contributed by atoms with van der Waals surface area (Å²) in [5.74, 6) is 0.559. The lowest BCUT2D eigenvalue weighted by atomic mass is 10.1. The number of benzene rings is 3. The number of nitrogens with one attached hydrogen (secondary N) is 1. The topological polar surface area (TPSA) is 73.9 Å². The maximum absolute atomic E-state index is 12.3. The van der Waals surface area contributed by atoms with Gasteiger partial charge in [-0.1, -0.05) is 48.5 Å². The van der Waals surface area contributed by atoms with Crippen LogP contribution in [0.3, 0.4) is 0 Å². The van der Waals surface area contributed by atoms with Gasteiger partial charge >= 0.3 is 5.97 Å². The minimum Gasteiger partial charge on any atom is -0.454 e. The molecule has 29 heavy (non-hydrogen) atoms. The van der Waals surface area contributed by atoms with Crippen molar-refractivity contribution >= 4 is 22.6 Å². The zero-order valence-corrected chi connectivity index (χ0v) is 16.0. The minimum atomic E-state index is -0.878. The van der Waals surface area contributed by atoms with Crippen LogP contribution in [0.2, 0.25) is 0 Å². The number of hydrogen-bond acceptors (Lipinski definition) is 5. The number of fused-ring (bicyclic) bond motifs is 2. The van der Waals surface area contributed by atoms with Crippen molar-refractivity contribution in [2.45, 2.75) is 26.0 Å². The summed E-state index contributed by atoms with van der Waals surface area (Å²) < 4.78 is 15.9. The molecule has 4 rings (SSSR count). The number of rotatable bonds is 6. The lowest BCUT2D eigenvalue weighted by Crippen LogP contribution is -2.35. The molecule has 0 aliphatic carbocycles. The van der Waals surface area contributed by atoms with E-state index in [2.05, 4.69) is 5.32 Å². The normalized spacial score (nSPS) is 13.1. The van der Waals surface area contributed by atoms with Crippen LogP contribution in [0.5, 0.6) is 11.5 Å². The van der Waals surface area contributed by atoms with Crippen LogP contribution in [0.4, 0.5) is 0 Å². The van der Waals surface area contributed by atoms with E-state index in [1.165, 1.54) is 0 Å². The highest BCUT2D eigenvalue weighted by molar-refractivity contribution is 5.86. The SMILES string of the molecule is C[C@@H](OC(=O)Cc1ccc2ccccc2c1)C(=O)NCc1ccc2c(c1)OCO2. The van der Waals surface area contributed by atoms with Gasteiger partial charge < -0.3 is 19.5 Å². The molecular weight excluding hydrogens is 370 g/mol. The van der Waals surface area contributed by atoms with Crippen molar-refractivity contribution in [2.24, 2.45) is 0 Å². The predicted molar refractivity (Wildman–Crippen MR) is 108 cm³/mol. The summed E-state index contributed by atoms with van der Waals surface area (Å²) in [6.45, 7) is 2.07. The van der Waals surface area contributed by atoms with Crippen LogP contribution in [0.15, 0.2) is 60.7 Å². The largest absolute Gasteiger partial charge is 0.454 e. The maximum atomic E-state index is 12.3. The summed E-state index contributed by atoms with van der Waals surface area (Å²) in [7, 11) is 0. The first-order valence-electron chi connectivity index (χ1n) is 9.42. The summed E-state index contributed by atoms with van der Waals surface area (Å²) in [4.78, 5) is 24.5. The van der Waals surface area contributed by atoms with Crippen molar-refractivity contribution in [1.82, 2.24) is 5.32 Å². The smallest absolute Gasteiger partial charge is 0.311 e. The van der Waals surface area contributed by atoms with Gasteiger partial charge in [0.2, 0.25) is 6.79 Å². The Balaban J connectivity index is 1.29. The Hall–Kier alpha value is -3.54. The number of amides is 1. The molecule has 0 aromatic heterocycles. The third-order valence-corrected chi connectivity index (χ3v) is 4.74. The second-order valence-corrected chi connectivity index (χ2v) is 6.90. The summed E-state index contributed by atoms with van der Waals surface area (Å²) in [5, 5.41) is 4.95. The second-order valence-electron chi connectivity index (χ2n) is 6.90. The summed E-state index contributed by atoms with van der Waals surface area (Å²) in [5.41, 5.74) is 1.72. The highest BCUT2D eigenvalue weighted by Gasteiger charge is 2.19. The third-order valence-electron chi connectivity index (χ3n) is 4.74. The lowest BCUT2D eigenvalue weighted by molar-refractivity contribution is -0.154. The average molecular weight is 391 g/mol. The third kappa shape index (κ3) is 4.48. The number of carbonyl (C=O) groups is 2. The van der Waals surface area contributed by atoms with Gasteiger partial charge in [-0.15, -0.1) is 0 Å². The molecule has 1 N–H and O–H groups in total. The fourth-order valence-electron chi connectivity index (χ4n) is 3.19. The number of carbonyl (C=O) groups excluding carboxylic acids is 2. The second kappa shape index (κ2) is 8.22. The zero-order chi connectivity index (χ0) is 20.2. The Labute approximate surface area is 168 Å². The van der Waals surface area contributed by atoms with E-state index in [1.54, 1.807) is 13.0 Å². The van der Waals surface area contributed by atoms with E-state index >= 15 is 0 Å². The van der Waals surface area contributed by atoms with Gasteiger partial charge in [0.25, 0.3) is 5.91 Å². The van der Waals surface area contributed by atoms with Crippen molar-refractivity contribution in [3.63, 3.8) is 0 Å². The van der Waals surface area contributed by atoms with Crippen molar-refractivity contribution in [3.8, 4) is 11.5 Å². The van der Waals surface area contributed by atoms with Crippen LogP contribution in [0, 0.1) is 0 Å². The van der Waals surface area contributed by atoms with Crippen molar-refractivity contribution < 1.29 is 23.8 Å². The van der Waals surface area contributed by atoms with E-state index in [-0.39, 0.29) is 19.1 Å². The van der Waals surface area contributed by atoms with E-state index < -0.39 is 12.1 Å². The Morgan fingerprint density at radius 3 is 2.59 bits per heavy atom. The van der Waals surface area contributed by atoms with Crippen LogP contribution < -0.4 is 14.8 Å². The van der Waals surface area contributed by atoms with E-state index in [9.17, 15) is 9.59 Å². The maximum Gasteiger partial charge on any atom is 0.311 e. The highest BCUT2D eigenvalue weighted by atomic mass is 16.7. The monoisotopic (exact) mass is 391 g/mol. The first-order valence-corrected chi connectivity index (χ1v) is 9.42. The molecule has 1 heterocycles. The van der Waals surface area contributed by atoms with Crippen LogP contribution in [-0.2, 0) is 27.3 Å². The van der Waals surface area contributed by atoms with E-state index in [1.807, 2.05) is 54.6 Å². The Kier molecular flexibility index (Phi) is 5.33. The van der Waals surface area contributed by atoms with Gasteiger partial charge in [0, 0.05) is 6.54 Å². The van der Waals surface area contributed by atoms with Crippen molar-refractivity contribution in [2.75, 3.05) is 6.79 Å². The molecule has 148 valence electrons. The molecule has 6 heteroatoms. The number of hydrogen-bond donors (Lipinski definition) is 1. The molecular formula is C23H21NO5. The predicted octanol–water partition coefficient (Wildman–Crippen LogP) is 3.36. The van der Waals surface area contributed by atoms with Gasteiger partial charge in [-0.25, -0.2) is 0 Å². The molecule has 1 aliphatic heterocycles. The molecule has 1 amide bonds. The van der Waals surface area contributed by atoms with Crippen LogP contribution in [0.25, 0.3) is 10.8 Å². The first-order chi connectivity index (χ1) is 14.1. The summed E-state index contributed by atoms with van der Waals surface area (Å²) in [6, 6.07) is 19.2. The van der Waals surface area contributed by atoms with Gasteiger partial charge in [0.15, 0.2) is 17.6 Å². The Morgan fingerprint density at radius 1 is 0.966 bits per heavy atom. The van der Waals surface area contributed by atoms with E-state index in [0.29, 0.717) is 18.0 Å². The lowest BCUT2D eigenvalue weighted by Gasteiger charge is -2.14. The zero-order valence-electron chi connectivity index (χ0n) is 16.0. The van der Waals surface area contributed by atoms with Crippen LogP contribution in [0.1, 0.15) is 18.1 Å². The fourth-order valence-corrected chi connectivity index (χ4v) is 3.19. The molecule has 0 radical (unpaired) electrons. The quantitative estimate of drug-likeness (QED) is 0.653. The molecule has 1 aliphatic rings. The molecule has 0 bridgehead atoms. The minimum absolute atomic E-state index is 0.116. The van der Waals surface area contributed by atoms with E-state index in [0.717, 1.165) is 21.9 Å². The van der Waals surface area contributed by atoms with E-state index in [4.69, 9.17) is 14.2 Å². The Bertz CT molecular complexity index is 1060. The van der Waals surface area contributed by atoms with Gasteiger partial charge in [-0.05, 0) is 41.0 Å². The highest BCUT2D eigenvalue weighted by Crippen LogP contribution is 2.32. The molecule has 0 saturated heterocycles. The standard InChI is InChI=1S/C23H21NO5/c1-15(23(26)24-13-17-7-9-20-21(11-17)28-14-27-20)29-22(25)12-16-6-8-18-4-2-3-5-19(18)10-16/h2-11,15H,12-14H2,1H3,(H,24,26)/t15-/m1/s1. The number of esters is 1. The molecule has 0 saturated carbocycles. The first kappa shape index (κ1) is 18.8. The van der Waals surface area contributed by atoms with Gasteiger partial charge in [0.1, 0.15) is 0 Å². The van der Waals surface area contributed by atoms with Crippen molar-refractivity contribution in [1.29, 1.82) is 0 Å². The molecule has 0 unspecified atom stereocenters. The number of ether oxygens (including phenoxy) is 3. The van der Waals surface area contributed by atoms with Crippen LogP contribution in [-0.4, -0.2) is 24.8 Å². The summed E-state index contributed by atoms with van der Waals surface area (Å²) >= 11 is 0. The Morgan fingerprint density at radius 2 is 1.72 bits per heavy atom. The molecule has 0 spiro atoms. The van der Waals surface area contributed by atoms with Crippen molar-refractivity contribution in [3.05, 3.63) is 71.8 Å². The van der Waals surface area contributed by atoms with Gasteiger partial charge in [0.05, 0.1) is 6.42 Å².